The Morgan fingerprint density at radius 1 is 0.545 bits per heavy atom. The quantitative estimate of drug-likeness (QED) is 0.183. The van der Waals surface area contributed by atoms with Gasteiger partial charge in [-0.25, -0.2) is 9.97 Å². The van der Waals surface area contributed by atoms with Crippen molar-refractivity contribution in [3.8, 4) is 34.0 Å². The van der Waals surface area contributed by atoms with Gasteiger partial charge in [0.2, 0.25) is 5.95 Å². The number of nitrogens with zero attached hydrogens (tertiary/aromatic N) is 4. The maximum Gasteiger partial charge on any atom is 0.235 e. The van der Waals surface area contributed by atoms with Crippen molar-refractivity contribution >= 4 is 71.6 Å². The molecule has 4 heterocycles. The summed E-state index contributed by atoms with van der Waals surface area (Å²) in [4.78, 5) is 10.7. The largest absolute Gasteiger partial charge is 0.455 e. The number of para-hydroxylation sites is 4. The number of fused-ring (bicyclic) bond motifs is 11. The summed E-state index contributed by atoms with van der Waals surface area (Å²) in [5, 5.41) is 6.61. The van der Waals surface area contributed by atoms with Gasteiger partial charge in [0, 0.05) is 55.0 Å². The SMILES string of the molecule is C1=Cc2c(n(-c3ccccc3)c3cc(-c4cc5c6ccccc6oc5c5c6ccccc6n(-c6nc(-c7ccccc7)c7ccccc7n6)c45)ccc23)CC1. The molecule has 11 aromatic rings. The lowest BCUT2D eigenvalue weighted by Crippen LogP contribution is -2.04. The van der Waals surface area contributed by atoms with E-state index in [4.69, 9.17) is 14.4 Å². The average Bonchev–Trinajstić information content (AvgIpc) is 3.91. The first-order chi connectivity index (χ1) is 27.3. The molecule has 12 rings (SSSR count). The zero-order chi connectivity index (χ0) is 36.0. The van der Waals surface area contributed by atoms with Crippen LogP contribution in [0.25, 0.3) is 106 Å². The molecule has 0 N–H and O–H groups in total. The van der Waals surface area contributed by atoms with Crippen molar-refractivity contribution in [2.24, 2.45) is 0 Å². The molecule has 5 nitrogen and oxygen atoms in total. The van der Waals surface area contributed by atoms with Crippen molar-refractivity contribution in [1.29, 1.82) is 0 Å². The zero-order valence-corrected chi connectivity index (χ0v) is 29.8. The molecular weight excluding hydrogens is 673 g/mol. The van der Waals surface area contributed by atoms with Crippen LogP contribution in [0, 0.1) is 0 Å². The molecular formula is C50H32N4O. The third kappa shape index (κ3) is 4.41. The molecule has 0 unspecified atom stereocenters. The van der Waals surface area contributed by atoms with E-state index in [2.05, 4.69) is 167 Å². The van der Waals surface area contributed by atoms with Crippen molar-refractivity contribution < 1.29 is 4.42 Å². The second-order valence-corrected chi connectivity index (χ2v) is 14.4. The average molecular weight is 705 g/mol. The molecule has 1 aliphatic rings. The Kier molecular flexibility index (Phi) is 6.39. The van der Waals surface area contributed by atoms with Gasteiger partial charge in [-0.15, -0.1) is 0 Å². The third-order valence-corrected chi connectivity index (χ3v) is 11.4. The monoisotopic (exact) mass is 704 g/mol. The number of furan rings is 1. The summed E-state index contributed by atoms with van der Waals surface area (Å²) in [5.74, 6) is 0.620. The van der Waals surface area contributed by atoms with Crippen LogP contribution in [0.3, 0.4) is 0 Å². The summed E-state index contributed by atoms with van der Waals surface area (Å²) in [7, 11) is 0. The Morgan fingerprint density at radius 3 is 2.16 bits per heavy atom. The third-order valence-electron chi connectivity index (χ3n) is 11.4. The molecule has 55 heavy (non-hydrogen) atoms. The van der Waals surface area contributed by atoms with Gasteiger partial charge >= 0.3 is 0 Å². The topological polar surface area (TPSA) is 48.8 Å². The molecule has 5 heteroatoms. The van der Waals surface area contributed by atoms with Crippen LogP contribution in [-0.4, -0.2) is 19.1 Å². The van der Waals surface area contributed by atoms with Crippen LogP contribution in [0.4, 0.5) is 0 Å². The number of allylic oxidation sites excluding steroid dienone is 1. The van der Waals surface area contributed by atoms with Crippen LogP contribution in [0.15, 0.2) is 168 Å². The molecule has 258 valence electrons. The molecule has 0 amide bonds. The number of aromatic nitrogens is 4. The molecule has 0 fully saturated rings. The molecule has 0 spiro atoms. The van der Waals surface area contributed by atoms with Crippen molar-refractivity contribution in [1.82, 2.24) is 19.1 Å². The minimum Gasteiger partial charge on any atom is -0.455 e. The van der Waals surface area contributed by atoms with E-state index < -0.39 is 0 Å². The number of hydrogen-bond donors (Lipinski definition) is 0. The van der Waals surface area contributed by atoms with Crippen LogP contribution < -0.4 is 0 Å². The van der Waals surface area contributed by atoms with Gasteiger partial charge in [0.25, 0.3) is 0 Å². The normalized spacial score (nSPS) is 12.9. The van der Waals surface area contributed by atoms with Gasteiger partial charge in [-0.2, -0.15) is 0 Å². The van der Waals surface area contributed by atoms with E-state index in [1.165, 1.54) is 27.8 Å². The lowest BCUT2D eigenvalue weighted by molar-refractivity contribution is 0.673. The molecule has 0 bridgehead atoms. The van der Waals surface area contributed by atoms with Crippen molar-refractivity contribution in [3.63, 3.8) is 0 Å². The van der Waals surface area contributed by atoms with E-state index in [0.717, 1.165) is 89.9 Å². The Balaban J connectivity index is 1.25. The second kappa shape index (κ2) is 11.6. The number of benzene rings is 7. The minimum absolute atomic E-state index is 0.620. The zero-order valence-electron chi connectivity index (χ0n) is 29.8. The van der Waals surface area contributed by atoms with E-state index in [1.807, 2.05) is 12.1 Å². The molecule has 7 aromatic carbocycles. The van der Waals surface area contributed by atoms with Crippen LogP contribution in [0.1, 0.15) is 17.7 Å². The standard InChI is InChI=1S/C50H32N4O/c1-3-15-31(16-4-1)47-37-21-7-11-23-41(37)51-50(52-47)54-43-25-13-9-22-38(43)46-48(54)39(30-40-36-20-10-14-26-45(36)55-49(40)46)32-27-28-35-34-19-8-12-24-42(34)53(44(35)29-32)33-17-5-2-6-18-33/h1-11,13-23,25-30H,12,24H2. The Bertz CT molecular complexity index is 3370. The molecule has 4 aromatic heterocycles. The predicted octanol–water partition coefficient (Wildman–Crippen LogP) is 12.9. The Morgan fingerprint density at radius 2 is 1.29 bits per heavy atom. The highest BCUT2D eigenvalue weighted by molar-refractivity contribution is 6.27. The van der Waals surface area contributed by atoms with E-state index in [1.54, 1.807) is 0 Å². The first-order valence-electron chi connectivity index (χ1n) is 18.9. The smallest absolute Gasteiger partial charge is 0.235 e. The maximum atomic E-state index is 6.81. The first-order valence-corrected chi connectivity index (χ1v) is 18.9. The molecule has 1 aliphatic carbocycles. The van der Waals surface area contributed by atoms with Gasteiger partial charge in [0.05, 0.1) is 33.1 Å². The van der Waals surface area contributed by atoms with E-state index in [0.29, 0.717) is 5.95 Å². The Hall–Kier alpha value is -7.24. The fourth-order valence-electron chi connectivity index (χ4n) is 9.00. The van der Waals surface area contributed by atoms with Gasteiger partial charge in [-0.3, -0.25) is 4.57 Å². The number of rotatable bonds is 4. The van der Waals surface area contributed by atoms with Crippen molar-refractivity contribution in [2.75, 3.05) is 0 Å². The van der Waals surface area contributed by atoms with Crippen LogP contribution in [0.2, 0.25) is 0 Å². The molecule has 0 saturated carbocycles. The first kappa shape index (κ1) is 30.2. The van der Waals surface area contributed by atoms with Crippen LogP contribution in [0.5, 0.6) is 0 Å². The van der Waals surface area contributed by atoms with Gasteiger partial charge < -0.3 is 8.98 Å². The van der Waals surface area contributed by atoms with Gasteiger partial charge in [-0.05, 0) is 60.9 Å². The van der Waals surface area contributed by atoms with Gasteiger partial charge in [0.1, 0.15) is 11.2 Å². The molecule has 0 radical (unpaired) electrons. The van der Waals surface area contributed by atoms with E-state index in [9.17, 15) is 0 Å². The molecule has 0 saturated heterocycles. The number of hydrogen-bond acceptors (Lipinski definition) is 3. The van der Waals surface area contributed by atoms with Crippen molar-refractivity contribution in [3.05, 3.63) is 175 Å². The second-order valence-electron chi connectivity index (χ2n) is 14.4. The highest BCUT2D eigenvalue weighted by Crippen LogP contribution is 2.46. The predicted molar refractivity (Wildman–Crippen MR) is 226 cm³/mol. The highest BCUT2D eigenvalue weighted by atomic mass is 16.3. The summed E-state index contributed by atoms with van der Waals surface area (Å²) in [6.07, 6.45) is 6.64. The van der Waals surface area contributed by atoms with E-state index >= 15 is 0 Å². The van der Waals surface area contributed by atoms with Crippen LogP contribution in [-0.2, 0) is 6.42 Å². The van der Waals surface area contributed by atoms with Gasteiger partial charge in [-0.1, -0.05) is 127 Å². The summed E-state index contributed by atoms with van der Waals surface area (Å²) in [5.41, 5.74) is 13.9. The molecule has 0 aliphatic heterocycles. The molecule has 0 atom stereocenters. The summed E-state index contributed by atoms with van der Waals surface area (Å²) < 4.78 is 11.5. The van der Waals surface area contributed by atoms with E-state index in [-0.39, 0.29) is 0 Å². The van der Waals surface area contributed by atoms with Gasteiger partial charge in [0.15, 0.2) is 0 Å². The van der Waals surface area contributed by atoms with Crippen LogP contribution >= 0.6 is 0 Å². The summed E-state index contributed by atoms with van der Waals surface area (Å²) in [6, 6.07) is 55.8. The summed E-state index contributed by atoms with van der Waals surface area (Å²) >= 11 is 0. The fraction of sp³-hybridized carbons (Fsp3) is 0.0400. The fourth-order valence-corrected chi connectivity index (χ4v) is 9.00. The lowest BCUT2D eigenvalue weighted by Gasteiger charge is -2.15. The highest BCUT2D eigenvalue weighted by Gasteiger charge is 2.26. The minimum atomic E-state index is 0.620. The Labute approximate surface area is 316 Å². The summed E-state index contributed by atoms with van der Waals surface area (Å²) in [6.45, 7) is 0. The van der Waals surface area contributed by atoms with Crippen molar-refractivity contribution in [2.45, 2.75) is 12.8 Å². The lowest BCUT2D eigenvalue weighted by atomic mass is 9.96. The maximum absolute atomic E-state index is 6.81.